The first-order valence-corrected chi connectivity index (χ1v) is 7.54. The van der Waals surface area contributed by atoms with Crippen molar-refractivity contribution in [2.24, 2.45) is 10.9 Å². The predicted octanol–water partition coefficient (Wildman–Crippen LogP) is 1.96. The van der Waals surface area contributed by atoms with E-state index in [0.717, 1.165) is 25.2 Å². The molecule has 1 aliphatic heterocycles. The maximum atomic E-state index is 8.69. The molecule has 1 aromatic rings. The summed E-state index contributed by atoms with van der Waals surface area (Å²) in [5.74, 6) is 0.0760. The van der Waals surface area contributed by atoms with Crippen LogP contribution in [0.5, 0.6) is 0 Å². The highest BCUT2D eigenvalue weighted by atomic mass is 35.5. The lowest BCUT2D eigenvalue weighted by Gasteiger charge is -2.35. The number of halogens is 1. The Morgan fingerprint density at radius 2 is 2.14 bits per heavy atom. The Morgan fingerprint density at radius 1 is 1.48 bits per heavy atom. The molecule has 6 heteroatoms. The van der Waals surface area contributed by atoms with E-state index >= 15 is 0 Å². The Balaban J connectivity index is 2.02. The van der Waals surface area contributed by atoms with Crippen molar-refractivity contribution in [2.45, 2.75) is 25.4 Å². The van der Waals surface area contributed by atoms with Gasteiger partial charge in [0.15, 0.2) is 5.84 Å². The van der Waals surface area contributed by atoms with Gasteiger partial charge in [0.25, 0.3) is 0 Å². The Labute approximate surface area is 131 Å². The van der Waals surface area contributed by atoms with Crippen LogP contribution in [0, 0.1) is 0 Å². The summed E-state index contributed by atoms with van der Waals surface area (Å²) in [4.78, 5) is 4.72. The van der Waals surface area contributed by atoms with E-state index in [1.54, 1.807) is 6.07 Å². The van der Waals surface area contributed by atoms with Crippen molar-refractivity contribution >= 4 is 17.4 Å². The van der Waals surface area contributed by atoms with Gasteiger partial charge in [-0.3, -0.25) is 4.90 Å². The second-order valence-corrected chi connectivity index (χ2v) is 6.15. The van der Waals surface area contributed by atoms with Crippen LogP contribution < -0.4 is 5.73 Å². The topological polar surface area (TPSA) is 65.1 Å². The lowest BCUT2D eigenvalue weighted by atomic mass is 10.0. The van der Waals surface area contributed by atoms with Gasteiger partial charge in [0.05, 0.1) is 0 Å². The summed E-state index contributed by atoms with van der Waals surface area (Å²) in [6.07, 6.45) is 2.37. The number of oxime groups is 1. The number of nitrogens with two attached hydrogens (primary N) is 1. The van der Waals surface area contributed by atoms with Gasteiger partial charge in [0, 0.05) is 23.2 Å². The highest BCUT2D eigenvalue weighted by Gasteiger charge is 2.21. The second kappa shape index (κ2) is 7.11. The minimum Gasteiger partial charge on any atom is -0.409 e. The molecule has 3 N–H and O–H groups in total. The van der Waals surface area contributed by atoms with E-state index in [-0.39, 0.29) is 5.84 Å². The van der Waals surface area contributed by atoms with Crippen molar-refractivity contribution in [1.82, 2.24) is 9.80 Å². The molecule has 1 saturated heterocycles. The average Bonchev–Trinajstić information content (AvgIpc) is 2.49. The second-order valence-electron chi connectivity index (χ2n) is 5.74. The van der Waals surface area contributed by atoms with Crippen LogP contribution in [-0.4, -0.2) is 54.1 Å². The zero-order valence-corrected chi connectivity index (χ0v) is 13.3. The van der Waals surface area contributed by atoms with Crippen molar-refractivity contribution in [2.75, 3.05) is 27.2 Å². The molecule has 1 fully saturated rings. The molecule has 0 bridgehead atoms. The molecule has 0 atom stereocenters. The molecule has 0 radical (unpaired) electrons. The summed E-state index contributed by atoms with van der Waals surface area (Å²) in [7, 11) is 4.31. The Kier molecular flexibility index (Phi) is 5.45. The van der Waals surface area contributed by atoms with Gasteiger partial charge in [-0.2, -0.15) is 0 Å². The average molecular weight is 311 g/mol. The first-order valence-electron chi connectivity index (χ1n) is 7.16. The highest BCUT2D eigenvalue weighted by molar-refractivity contribution is 6.31. The number of likely N-dealkylation sites (tertiary alicyclic amines) is 1. The van der Waals surface area contributed by atoms with Crippen LogP contribution in [-0.2, 0) is 6.54 Å². The minimum atomic E-state index is 0.0760. The van der Waals surface area contributed by atoms with Crippen molar-refractivity contribution in [3.05, 3.63) is 34.3 Å². The zero-order chi connectivity index (χ0) is 15.4. The first-order chi connectivity index (χ1) is 10.0. The predicted molar refractivity (Wildman–Crippen MR) is 85.9 cm³/mol. The van der Waals surface area contributed by atoms with E-state index in [9.17, 15) is 0 Å². The van der Waals surface area contributed by atoms with E-state index < -0.39 is 0 Å². The summed E-state index contributed by atoms with van der Waals surface area (Å²) in [5.41, 5.74) is 7.27. The molecular weight excluding hydrogens is 288 g/mol. The molecular formula is C15H23ClN4O. The lowest BCUT2D eigenvalue weighted by Crippen LogP contribution is -2.41. The maximum absolute atomic E-state index is 8.69. The Hall–Kier alpha value is -1.30. The normalized spacial score (nSPS) is 18.4. The largest absolute Gasteiger partial charge is 0.409 e. The van der Waals surface area contributed by atoms with Gasteiger partial charge < -0.3 is 15.8 Å². The van der Waals surface area contributed by atoms with Crippen LogP contribution >= 0.6 is 11.6 Å². The molecule has 0 amide bonds. The third kappa shape index (κ3) is 4.09. The van der Waals surface area contributed by atoms with Crippen LogP contribution in [0.1, 0.15) is 24.0 Å². The molecule has 0 spiro atoms. The fraction of sp³-hybridized carbons (Fsp3) is 0.533. The zero-order valence-electron chi connectivity index (χ0n) is 12.6. The van der Waals surface area contributed by atoms with Crippen molar-refractivity contribution in [3.8, 4) is 0 Å². The highest BCUT2D eigenvalue weighted by Crippen LogP contribution is 2.22. The standard InChI is InChI=1S/C15H23ClN4O/c1-19-7-5-13(6-8-19)20(2)10-12-4-3-11(9-14(12)16)15(17)18-21/h3-4,9,13,21H,5-8,10H2,1-2H3,(H2,17,18). The van der Waals surface area contributed by atoms with Crippen LogP contribution in [0.25, 0.3) is 0 Å². The van der Waals surface area contributed by atoms with Crippen LogP contribution in [0.3, 0.4) is 0 Å². The van der Waals surface area contributed by atoms with Crippen molar-refractivity contribution < 1.29 is 5.21 Å². The summed E-state index contributed by atoms with van der Waals surface area (Å²) in [5, 5.41) is 12.3. The van der Waals surface area contributed by atoms with E-state index in [4.69, 9.17) is 22.5 Å². The molecule has 2 rings (SSSR count). The molecule has 0 unspecified atom stereocenters. The lowest BCUT2D eigenvalue weighted by molar-refractivity contribution is 0.139. The number of nitrogens with zero attached hydrogens (tertiary/aromatic N) is 3. The van der Waals surface area contributed by atoms with Crippen LogP contribution in [0.2, 0.25) is 5.02 Å². The van der Waals surface area contributed by atoms with Gasteiger partial charge in [-0.1, -0.05) is 28.9 Å². The van der Waals surface area contributed by atoms with Crippen molar-refractivity contribution in [1.29, 1.82) is 0 Å². The van der Waals surface area contributed by atoms with Gasteiger partial charge in [-0.15, -0.1) is 0 Å². The number of hydrogen-bond donors (Lipinski definition) is 2. The van der Waals surface area contributed by atoms with Gasteiger partial charge in [-0.25, -0.2) is 0 Å². The summed E-state index contributed by atoms with van der Waals surface area (Å²) in [6.45, 7) is 3.10. The summed E-state index contributed by atoms with van der Waals surface area (Å²) >= 11 is 6.31. The molecule has 0 aliphatic carbocycles. The van der Waals surface area contributed by atoms with Gasteiger partial charge in [0.2, 0.25) is 0 Å². The van der Waals surface area contributed by atoms with Gasteiger partial charge >= 0.3 is 0 Å². The molecule has 5 nitrogen and oxygen atoms in total. The van der Waals surface area contributed by atoms with E-state index in [2.05, 4.69) is 29.1 Å². The maximum Gasteiger partial charge on any atom is 0.170 e. The molecule has 0 saturated carbocycles. The fourth-order valence-corrected chi connectivity index (χ4v) is 2.97. The molecule has 1 heterocycles. The molecule has 116 valence electrons. The fourth-order valence-electron chi connectivity index (χ4n) is 2.73. The van der Waals surface area contributed by atoms with E-state index in [0.29, 0.717) is 16.6 Å². The Bertz CT molecular complexity index is 512. The summed E-state index contributed by atoms with van der Waals surface area (Å²) in [6, 6.07) is 6.12. The molecule has 0 aromatic heterocycles. The van der Waals surface area contributed by atoms with Crippen LogP contribution in [0.4, 0.5) is 0 Å². The quantitative estimate of drug-likeness (QED) is 0.386. The smallest absolute Gasteiger partial charge is 0.170 e. The van der Waals surface area contributed by atoms with Gasteiger partial charge in [0.1, 0.15) is 0 Å². The number of piperidine rings is 1. The SMILES string of the molecule is CN1CCC(N(C)Cc2ccc(/C(N)=N/O)cc2Cl)CC1. The van der Waals surface area contributed by atoms with E-state index in [1.165, 1.54) is 12.8 Å². The number of amidine groups is 1. The number of rotatable bonds is 4. The first kappa shape index (κ1) is 16.1. The molecule has 1 aromatic carbocycles. The third-order valence-corrected chi connectivity index (χ3v) is 4.54. The molecule has 21 heavy (non-hydrogen) atoms. The van der Waals surface area contributed by atoms with E-state index in [1.807, 2.05) is 12.1 Å². The monoisotopic (exact) mass is 310 g/mol. The Morgan fingerprint density at radius 3 is 2.71 bits per heavy atom. The molecule has 1 aliphatic rings. The minimum absolute atomic E-state index is 0.0760. The number of hydrogen-bond acceptors (Lipinski definition) is 4. The number of benzene rings is 1. The van der Waals surface area contributed by atoms with Crippen molar-refractivity contribution in [3.63, 3.8) is 0 Å². The summed E-state index contributed by atoms with van der Waals surface area (Å²) < 4.78 is 0. The van der Waals surface area contributed by atoms with Crippen LogP contribution in [0.15, 0.2) is 23.4 Å². The third-order valence-electron chi connectivity index (χ3n) is 4.19. The van der Waals surface area contributed by atoms with Gasteiger partial charge in [-0.05, 0) is 51.7 Å².